The zero-order valence-electron chi connectivity index (χ0n) is 21.6. The van der Waals surface area contributed by atoms with Crippen molar-refractivity contribution in [2.24, 2.45) is 7.05 Å². The Hall–Kier alpha value is -4.54. The van der Waals surface area contributed by atoms with Crippen molar-refractivity contribution in [2.75, 3.05) is 6.61 Å². The molecule has 0 spiro atoms. The van der Waals surface area contributed by atoms with Crippen LogP contribution in [0.15, 0.2) is 66.9 Å². The first-order valence-electron chi connectivity index (χ1n) is 12.6. The van der Waals surface area contributed by atoms with E-state index in [-0.39, 0.29) is 12.5 Å². The SMILES string of the molecule is Cc1cc2c(-c3ccc4cnc(CNC(=O)c5ccc6c(c5)[C@](C)(C#N)COC6)cc4n3)cccc2n1C. The van der Waals surface area contributed by atoms with Gasteiger partial charge in [-0.15, -0.1) is 0 Å². The summed E-state index contributed by atoms with van der Waals surface area (Å²) < 4.78 is 7.75. The van der Waals surface area contributed by atoms with Gasteiger partial charge in [-0.3, -0.25) is 9.78 Å². The van der Waals surface area contributed by atoms with Gasteiger partial charge in [0.15, 0.2) is 0 Å². The number of nitriles is 1. The molecule has 1 aliphatic heterocycles. The lowest BCUT2D eigenvalue weighted by Crippen LogP contribution is -2.33. The number of carbonyl (C=O) groups is 1. The van der Waals surface area contributed by atoms with Crippen molar-refractivity contribution in [3.63, 3.8) is 0 Å². The van der Waals surface area contributed by atoms with Gasteiger partial charge in [0, 0.05) is 46.4 Å². The van der Waals surface area contributed by atoms with E-state index in [2.05, 4.69) is 59.2 Å². The molecule has 1 aliphatic rings. The molecule has 0 radical (unpaired) electrons. The number of hydrogen-bond acceptors (Lipinski definition) is 5. The average Bonchev–Trinajstić information content (AvgIpc) is 3.24. The molecule has 3 aromatic heterocycles. The van der Waals surface area contributed by atoms with Crippen LogP contribution < -0.4 is 5.32 Å². The molecule has 6 rings (SSSR count). The summed E-state index contributed by atoms with van der Waals surface area (Å²) in [4.78, 5) is 22.5. The molecular weight excluding hydrogens is 474 g/mol. The van der Waals surface area contributed by atoms with Crippen LogP contribution in [0.4, 0.5) is 0 Å². The Morgan fingerprint density at radius 1 is 1.18 bits per heavy atom. The number of hydrogen-bond donors (Lipinski definition) is 1. The molecule has 1 amide bonds. The van der Waals surface area contributed by atoms with Crippen LogP contribution in [0.1, 0.15) is 39.8 Å². The van der Waals surface area contributed by atoms with E-state index in [1.807, 2.05) is 37.3 Å². The summed E-state index contributed by atoms with van der Waals surface area (Å²) in [7, 11) is 2.07. The van der Waals surface area contributed by atoms with Gasteiger partial charge < -0.3 is 14.6 Å². The van der Waals surface area contributed by atoms with Gasteiger partial charge in [0.1, 0.15) is 5.41 Å². The molecule has 2 aromatic carbocycles. The lowest BCUT2D eigenvalue weighted by atomic mass is 9.79. The van der Waals surface area contributed by atoms with E-state index < -0.39 is 5.41 Å². The van der Waals surface area contributed by atoms with Crippen LogP contribution in [0.3, 0.4) is 0 Å². The monoisotopic (exact) mass is 501 g/mol. The predicted molar refractivity (Wildman–Crippen MR) is 146 cm³/mol. The molecule has 188 valence electrons. The summed E-state index contributed by atoms with van der Waals surface area (Å²) >= 11 is 0. The zero-order valence-corrected chi connectivity index (χ0v) is 21.6. The molecule has 7 nitrogen and oxygen atoms in total. The van der Waals surface area contributed by atoms with Crippen LogP contribution in [0.5, 0.6) is 0 Å². The largest absolute Gasteiger partial charge is 0.375 e. The minimum atomic E-state index is -0.768. The minimum absolute atomic E-state index is 0.214. The van der Waals surface area contributed by atoms with Gasteiger partial charge in [0.25, 0.3) is 5.91 Å². The van der Waals surface area contributed by atoms with E-state index in [1.165, 1.54) is 16.6 Å². The highest BCUT2D eigenvalue weighted by Crippen LogP contribution is 2.33. The fourth-order valence-corrected chi connectivity index (χ4v) is 5.19. The van der Waals surface area contributed by atoms with E-state index in [1.54, 1.807) is 12.3 Å². The highest BCUT2D eigenvalue weighted by atomic mass is 16.5. The van der Waals surface area contributed by atoms with Crippen molar-refractivity contribution in [1.29, 1.82) is 5.26 Å². The molecule has 0 saturated heterocycles. The lowest BCUT2D eigenvalue weighted by Gasteiger charge is -2.30. The standard InChI is InChI=1S/C31H27N5O2/c1-19-11-25-24(5-4-6-29(25)36(19)3)27-10-9-21-14-33-23(13-28(21)35-27)15-34-30(37)20-7-8-22-16-38-18-31(2,17-32)26(22)12-20/h4-14H,15-16,18H2,1-3H3,(H,34,37)/t31-/m1/s1. The van der Waals surface area contributed by atoms with Gasteiger partial charge in [-0.25, -0.2) is 4.98 Å². The number of carbonyl (C=O) groups excluding carboxylic acids is 1. The number of aromatic nitrogens is 3. The molecule has 0 unspecified atom stereocenters. The van der Waals surface area contributed by atoms with Gasteiger partial charge in [0.2, 0.25) is 0 Å². The van der Waals surface area contributed by atoms with Crippen molar-refractivity contribution in [3.8, 4) is 17.3 Å². The molecule has 0 fully saturated rings. The predicted octanol–water partition coefficient (Wildman–Crippen LogP) is 5.34. The Bertz CT molecular complexity index is 1780. The van der Waals surface area contributed by atoms with Crippen LogP contribution in [0.25, 0.3) is 33.1 Å². The molecular formula is C31H27N5O2. The molecule has 1 N–H and O–H groups in total. The molecule has 5 aromatic rings. The summed E-state index contributed by atoms with van der Waals surface area (Å²) in [6, 6.07) is 22.2. The molecule has 0 bridgehead atoms. The van der Waals surface area contributed by atoms with Crippen molar-refractivity contribution >= 4 is 27.7 Å². The Labute approximate surface area is 220 Å². The molecule has 4 heterocycles. The molecule has 0 saturated carbocycles. The number of fused-ring (bicyclic) bond motifs is 3. The van der Waals surface area contributed by atoms with Gasteiger partial charge in [-0.05, 0) is 67.4 Å². The molecule has 0 aliphatic carbocycles. The van der Waals surface area contributed by atoms with Gasteiger partial charge >= 0.3 is 0 Å². The minimum Gasteiger partial charge on any atom is -0.375 e. The first-order chi connectivity index (χ1) is 18.4. The van der Waals surface area contributed by atoms with E-state index in [0.717, 1.165) is 39.0 Å². The molecule has 7 heteroatoms. The molecule has 38 heavy (non-hydrogen) atoms. The molecule has 1 atom stereocenters. The van der Waals surface area contributed by atoms with E-state index in [4.69, 9.17) is 9.72 Å². The number of ether oxygens (including phenoxy) is 1. The van der Waals surface area contributed by atoms with Crippen molar-refractivity contribution < 1.29 is 9.53 Å². The summed E-state index contributed by atoms with van der Waals surface area (Å²) in [5, 5.41) is 14.8. The third kappa shape index (κ3) is 4.00. The van der Waals surface area contributed by atoms with Gasteiger partial charge in [0.05, 0.1) is 42.7 Å². The second kappa shape index (κ2) is 9.09. The van der Waals surface area contributed by atoms with Crippen LogP contribution in [0.2, 0.25) is 0 Å². The number of pyridine rings is 2. The highest BCUT2D eigenvalue weighted by Gasteiger charge is 2.33. The van der Waals surface area contributed by atoms with E-state index >= 15 is 0 Å². The topological polar surface area (TPSA) is 92.8 Å². The van der Waals surface area contributed by atoms with Crippen LogP contribution in [0, 0.1) is 18.3 Å². The Morgan fingerprint density at radius 3 is 2.89 bits per heavy atom. The number of benzene rings is 2. The van der Waals surface area contributed by atoms with Crippen molar-refractivity contribution in [1.82, 2.24) is 19.9 Å². The quantitative estimate of drug-likeness (QED) is 0.359. The van der Waals surface area contributed by atoms with Crippen molar-refractivity contribution in [2.45, 2.75) is 32.4 Å². The number of nitrogens with zero attached hydrogens (tertiary/aromatic N) is 4. The number of rotatable bonds is 4. The zero-order chi connectivity index (χ0) is 26.4. The van der Waals surface area contributed by atoms with Crippen molar-refractivity contribution in [3.05, 3.63) is 94.9 Å². The second-order valence-corrected chi connectivity index (χ2v) is 10.1. The Morgan fingerprint density at radius 2 is 2.05 bits per heavy atom. The maximum atomic E-state index is 13.0. The van der Waals surface area contributed by atoms with Crippen LogP contribution >= 0.6 is 0 Å². The summed E-state index contributed by atoms with van der Waals surface area (Å²) in [6.07, 6.45) is 1.79. The third-order valence-electron chi connectivity index (χ3n) is 7.52. The van der Waals surface area contributed by atoms with Gasteiger partial charge in [-0.1, -0.05) is 18.2 Å². The summed E-state index contributed by atoms with van der Waals surface area (Å²) in [5.41, 5.74) is 7.43. The number of amides is 1. The number of aryl methyl sites for hydroxylation is 2. The average molecular weight is 502 g/mol. The van der Waals surface area contributed by atoms with Gasteiger partial charge in [-0.2, -0.15) is 5.26 Å². The van der Waals surface area contributed by atoms with Crippen LogP contribution in [-0.2, 0) is 30.4 Å². The number of nitrogens with one attached hydrogen (secondary N) is 1. The smallest absolute Gasteiger partial charge is 0.251 e. The van der Waals surface area contributed by atoms with E-state index in [0.29, 0.717) is 18.8 Å². The van der Waals surface area contributed by atoms with E-state index in [9.17, 15) is 10.1 Å². The maximum absolute atomic E-state index is 13.0. The first kappa shape index (κ1) is 23.8. The highest BCUT2D eigenvalue weighted by molar-refractivity contribution is 5.96. The fraction of sp³-hybridized carbons (Fsp3) is 0.226. The first-order valence-corrected chi connectivity index (χ1v) is 12.6. The summed E-state index contributed by atoms with van der Waals surface area (Å²) in [5.74, 6) is -0.214. The Balaban J connectivity index is 1.25. The summed E-state index contributed by atoms with van der Waals surface area (Å²) in [6.45, 7) is 4.97. The lowest BCUT2D eigenvalue weighted by molar-refractivity contribution is 0.0757. The fourth-order valence-electron chi connectivity index (χ4n) is 5.19. The normalized spacial score (nSPS) is 16.8. The third-order valence-corrected chi connectivity index (χ3v) is 7.52. The van der Waals surface area contributed by atoms with Crippen LogP contribution in [-0.4, -0.2) is 27.0 Å². The maximum Gasteiger partial charge on any atom is 0.251 e. The Kier molecular flexibility index (Phi) is 5.70. The second-order valence-electron chi connectivity index (χ2n) is 10.1.